The Bertz CT molecular complexity index is 1820. The van der Waals surface area contributed by atoms with Gasteiger partial charge in [-0.05, 0) is 63.4 Å². The Balaban J connectivity index is 1.35. The second-order valence-electron chi connectivity index (χ2n) is 9.41. The molecule has 0 saturated carbocycles. The second-order valence-corrected chi connectivity index (χ2v) is 11.5. The highest BCUT2D eigenvalue weighted by Crippen LogP contribution is 2.54. The third-order valence-electron chi connectivity index (χ3n) is 7.20. The molecule has 0 aliphatic carbocycles. The van der Waals surface area contributed by atoms with Crippen molar-refractivity contribution in [3.63, 3.8) is 0 Å². The number of para-hydroxylation sites is 1. The summed E-state index contributed by atoms with van der Waals surface area (Å²) in [6.07, 6.45) is 0. The zero-order valence-corrected chi connectivity index (χ0v) is 20.8. The molecule has 37 heavy (non-hydrogen) atoms. The van der Waals surface area contributed by atoms with Gasteiger partial charge in [0.05, 0.1) is 5.30 Å². The van der Waals surface area contributed by atoms with Gasteiger partial charge in [-0.15, -0.1) is 0 Å². The van der Waals surface area contributed by atoms with Crippen LogP contribution in [-0.2, 0) is 0 Å². The van der Waals surface area contributed by atoms with Crippen LogP contribution >= 0.6 is 7.92 Å². The van der Waals surface area contributed by atoms with Gasteiger partial charge in [0.25, 0.3) is 0 Å². The lowest BCUT2D eigenvalue weighted by Crippen LogP contribution is -2.32. The second kappa shape index (κ2) is 8.06. The van der Waals surface area contributed by atoms with Gasteiger partial charge in [0, 0.05) is 18.5 Å². The highest BCUT2D eigenvalue weighted by atomic mass is 31.1. The van der Waals surface area contributed by atoms with Gasteiger partial charge in [0.15, 0.2) is 0 Å². The number of ether oxygens (including phenoxy) is 2. The van der Waals surface area contributed by atoms with Crippen molar-refractivity contribution in [2.45, 2.75) is 0 Å². The Hall–Kier alpha value is -4.39. The van der Waals surface area contributed by atoms with E-state index in [1.165, 1.54) is 37.8 Å². The van der Waals surface area contributed by atoms with Gasteiger partial charge in [-0.1, -0.05) is 97.1 Å². The highest BCUT2D eigenvalue weighted by Gasteiger charge is 2.38. The highest BCUT2D eigenvalue weighted by molar-refractivity contribution is 7.81. The number of benzene rings is 6. The molecular weight excluding hydrogens is 471 g/mol. The molecule has 2 heterocycles. The summed E-state index contributed by atoms with van der Waals surface area (Å²) < 4.78 is 13.2. The van der Waals surface area contributed by atoms with Crippen LogP contribution in [0.15, 0.2) is 127 Å². The first kappa shape index (κ1) is 20.8. The monoisotopic (exact) mass is 492 g/mol. The maximum absolute atomic E-state index is 6.66. The number of rotatable bonds is 2. The topological polar surface area (TPSA) is 18.5 Å². The summed E-state index contributed by atoms with van der Waals surface area (Å²) in [5.41, 5.74) is 4.62. The van der Waals surface area contributed by atoms with Crippen LogP contribution in [0.1, 0.15) is 0 Å². The smallest absolute Gasteiger partial charge is 0.140 e. The predicted octanol–water partition coefficient (Wildman–Crippen LogP) is 8.14. The summed E-state index contributed by atoms with van der Waals surface area (Å²) >= 11 is 0. The zero-order chi connectivity index (χ0) is 24.3. The summed E-state index contributed by atoms with van der Waals surface area (Å²) in [6.45, 7) is 0. The summed E-state index contributed by atoms with van der Waals surface area (Å²) in [6, 6.07) is 44.9. The Kier molecular flexibility index (Phi) is 4.53. The van der Waals surface area contributed by atoms with Crippen LogP contribution in [0.5, 0.6) is 23.0 Å². The fourth-order valence-corrected chi connectivity index (χ4v) is 8.23. The van der Waals surface area contributed by atoms with E-state index >= 15 is 0 Å². The summed E-state index contributed by atoms with van der Waals surface area (Å²) in [7, 11) is -0.825. The molecule has 0 bridgehead atoms. The van der Waals surface area contributed by atoms with E-state index < -0.39 is 7.92 Å². The quantitative estimate of drug-likeness (QED) is 0.227. The molecule has 3 heteroatoms. The van der Waals surface area contributed by atoms with Gasteiger partial charge in [-0.3, -0.25) is 0 Å². The van der Waals surface area contributed by atoms with E-state index in [1.54, 1.807) is 0 Å². The summed E-state index contributed by atoms with van der Waals surface area (Å²) in [5.74, 6) is 3.65. The molecule has 2 aliphatic heterocycles. The molecule has 6 aromatic carbocycles. The van der Waals surface area contributed by atoms with Crippen molar-refractivity contribution in [2.24, 2.45) is 0 Å². The van der Waals surface area contributed by atoms with Crippen LogP contribution in [0.4, 0.5) is 0 Å². The molecule has 0 amide bonds. The Morgan fingerprint density at radius 1 is 0.405 bits per heavy atom. The lowest BCUT2D eigenvalue weighted by molar-refractivity contribution is 0.467. The van der Waals surface area contributed by atoms with Crippen LogP contribution < -0.4 is 25.4 Å². The molecular formula is C34H21O2P. The van der Waals surface area contributed by atoms with Gasteiger partial charge in [-0.25, -0.2) is 0 Å². The molecule has 8 rings (SSSR count). The minimum atomic E-state index is -0.825. The maximum Gasteiger partial charge on any atom is 0.140 e. The minimum Gasteiger partial charge on any atom is -0.456 e. The standard InChI is InChI=1S/C34H21O2P/c1-2-9-22(10-3-1)24-12-8-13-25(19-24)26-20-30-34-31(21-26)36-29-18-17-23-11-4-5-14-27(23)33(29)37(34)32-16-7-6-15-28(32)35-30/h1-21H. The zero-order valence-electron chi connectivity index (χ0n) is 19.9. The van der Waals surface area contributed by atoms with E-state index in [2.05, 4.69) is 121 Å². The van der Waals surface area contributed by atoms with Gasteiger partial charge in [0.1, 0.15) is 23.0 Å². The SMILES string of the molecule is c1ccc(-c2cccc(-c3cc4c5c(c3)Oc3ccc6ccccc6c3P5c3ccccc3O4)c2)cc1. The molecule has 0 aromatic heterocycles. The summed E-state index contributed by atoms with van der Waals surface area (Å²) in [4.78, 5) is 0. The van der Waals surface area contributed by atoms with Crippen LogP contribution in [-0.4, -0.2) is 0 Å². The van der Waals surface area contributed by atoms with Crippen molar-refractivity contribution >= 4 is 34.6 Å². The Morgan fingerprint density at radius 3 is 1.95 bits per heavy atom. The molecule has 0 N–H and O–H groups in total. The average molecular weight is 493 g/mol. The Labute approximate surface area is 216 Å². The van der Waals surface area contributed by atoms with Crippen LogP contribution in [0.2, 0.25) is 0 Å². The summed E-state index contributed by atoms with van der Waals surface area (Å²) in [5, 5.41) is 6.16. The first-order valence-corrected chi connectivity index (χ1v) is 13.8. The van der Waals surface area contributed by atoms with E-state index in [1.807, 2.05) is 6.07 Å². The van der Waals surface area contributed by atoms with Crippen LogP contribution in [0.3, 0.4) is 0 Å². The van der Waals surface area contributed by atoms with Crippen molar-refractivity contribution in [1.29, 1.82) is 0 Å². The lowest BCUT2D eigenvalue weighted by atomic mass is 9.98. The van der Waals surface area contributed by atoms with Crippen molar-refractivity contribution < 1.29 is 9.47 Å². The maximum atomic E-state index is 6.66. The predicted molar refractivity (Wildman–Crippen MR) is 154 cm³/mol. The first-order chi connectivity index (χ1) is 18.3. The number of hydrogen-bond acceptors (Lipinski definition) is 2. The van der Waals surface area contributed by atoms with E-state index in [-0.39, 0.29) is 0 Å². The molecule has 174 valence electrons. The van der Waals surface area contributed by atoms with Crippen molar-refractivity contribution in [2.75, 3.05) is 0 Å². The third kappa shape index (κ3) is 3.23. The van der Waals surface area contributed by atoms with Gasteiger partial charge >= 0.3 is 0 Å². The van der Waals surface area contributed by atoms with E-state index in [0.29, 0.717) is 0 Å². The van der Waals surface area contributed by atoms with Crippen LogP contribution in [0.25, 0.3) is 33.0 Å². The van der Waals surface area contributed by atoms with E-state index in [9.17, 15) is 0 Å². The van der Waals surface area contributed by atoms with Crippen molar-refractivity contribution in [3.05, 3.63) is 127 Å². The van der Waals surface area contributed by atoms with E-state index in [0.717, 1.165) is 34.1 Å². The number of hydrogen-bond donors (Lipinski definition) is 0. The fourth-order valence-electron chi connectivity index (χ4n) is 5.50. The largest absolute Gasteiger partial charge is 0.456 e. The Morgan fingerprint density at radius 2 is 1.08 bits per heavy atom. The van der Waals surface area contributed by atoms with E-state index in [4.69, 9.17) is 9.47 Å². The molecule has 6 aromatic rings. The number of fused-ring (bicyclic) bond motifs is 6. The van der Waals surface area contributed by atoms with Crippen LogP contribution in [0, 0.1) is 0 Å². The molecule has 2 aliphatic rings. The third-order valence-corrected chi connectivity index (χ3v) is 9.85. The molecule has 0 saturated heterocycles. The molecule has 0 spiro atoms. The average Bonchev–Trinajstić information content (AvgIpc) is 2.97. The molecule has 0 radical (unpaired) electrons. The van der Waals surface area contributed by atoms with Gasteiger partial charge in [0.2, 0.25) is 0 Å². The molecule has 0 fully saturated rings. The minimum absolute atomic E-state index is 0.825. The van der Waals surface area contributed by atoms with Gasteiger partial charge in [-0.2, -0.15) is 0 Å². The lowest BCUT2D eigenvalue weighted by Gasteiger charge is -2.35. The fraction of sp³-hybridized carbons (Fsp3) is 0. The van der Waals surface area contributed by atoms with Gasteiger partial charge < -0.3 is 9.47 Å². The van der Waals surface area contributed by atoms with Crippen molar-refractivity contribution in [1.82, 2.24) is 0 Å². The molecule has 1 atom stereocenters. The molecule has 2 nitrogen and oxygen atoms in total. The normalized spacial score (nSPS) is 14.6. The van der Waals surface area contributed by atoms with Crippen molar-refractivity contribution in [3.8, 4) is 45.3 Å². The first-order valence-electron chi connectivity index (χ1n) is 12.4. The molecule has 1 unspecified atom stereocenters.